The van der Waals surface area contributed by atoms with Crippen molar-refractivity contribution in [1.29, 1.82) is 0 Å². The van der Waals surface area contributed by atoms with Crippen molar-refractivity contribution >= 4 is 17.5 Å². The number of ketones is 1. The van der Waals surface area contributed by atoms with Crippen molar-refractivity contribution in [1.82, 2.24) is 4.90 Å². The second-order valence-electron chi connectivity index (χ2n) is 6.47. The van der Waals surface area contributed by atoms with Crippen LogP contribution in [0.2, 0.25) is 0 Å². The van der Waals surface area contributed by atoms with Crippen molar-refractivity contribution in [2.75, 3.05) is 18.4 Å². The van der Waals surface area contributed by atoms with Gasteiger partial charge in [-0.15, -0.1) is 0 Å². The first-order valence-electron chi connectivity index (χ1n) is 8.60. The number of carbonyl (C=O) groups is 2. The Kier molecular flexibility index (Phi) is 5.61. The maximum atomic E-state index is 13.7. The van der Waals surface area contributed by atoms with Crippen LogP contribution in [0, 0.1) is 17.6 Å². The molecule has 4 nitrogen and oxygen atoms in total. The summed E-state index contributed by atoms with van der Waals surface area (Å²) < 4.78 is 26.7. The Balaban J connectivity index is 1.60. The van der Waals surface area contributed by atoms with E-state index in [0.29, 0.717) is 25.9 Å². The number of nitrogens with one attached hydrogen (secondary N) is 1. The number of benzene rings is 2. The van der Waals surface area contributed by atoms with Gasteiger partial charge in [-0.25, -0.2) is 13.6 Å². The number of urea groups is 1. The molecule has 0 spiro atoms. The van der Waals surface area contributed by atoms with Gasteiger partial charge < -0.3 is 10.2 Å². The van der Waals surface area contributed by atoms with E-state index >= 15 is 0 Å². The smallest absolute Gasteiger partial charge is 0.321 e. The lowest BCUT2D eigenvalue weighted by Gasteiger charge is -2.32. The Morgan fingerprint density at radius 3 is 2.62 bits per heavy atom. The van der Waals surface area contributed by atoms with Gasteiger partial charge in [0.2, 0.25) is 0 Å². The van der Waals surface area contributed by atoms with E-state index in [1.807, 2.05) is 30.3 Å². The normalized spacial score (nSPS) is 17.0. The minimum Gasteiger partial charge on any atom is -0.324 e. The highest BCUT2D eigenvalue weighted by atomic mass is 19.1. The second-order valence-corrected chi connectivity index (χ2v) is 6.47. The van der Waals surface area contributed by atoms with Crippen LogP contribution in [0.3, 0.4) is 0 Å². The monoisotopic (exact) mass is 358 g/mol. The van der Waals surface area contributed by atoms with Crippen LogP contribution in [0.4, 0.5) is 19.3 Å². The molecular formula is C20H20F2N2O2. The molecule has 1 heterocycles. The number of piperidine rings is 1. The van der Waals surface area contributed by atoms with Gasteiger partial charge in [0.15, 0.2) is 0 Å². The van der Waals surface area contributed by atoms with Crippen LogP contribution in [-0.4, -0.2) is 29.8 Å². The molecule has 3 rings (SSSR count). The molecule has 1 aliphatic rings. The van der Waals surface area contributed by atoms with E-state index in [1.54, 1.807) is 0 Å². The van der Waals surface area contributed by atoms with Crippen LogP contribution in [-0.2, 0) is 11.2 Å². The molecular weight excluding hydrogens is 338 g/mol. The molecule has 0 aliphatic carbocycles. The summed E-state index contributed by atoms with van der Waals surface area (Å²) in [6.45, 7) is 0.810. The minimum atomic E-state index is -0.827. The number of likely N-dealkylation sites (tertiary alicyclic amines) is 1. The third kappa shape index (κ3) is 4.45. The van der Waals surface area contributed by atoms with E-state index in [2.05, 4.69) is 5.32 Å². The molecule has 1 atom stereocenters. The zero-order valence-electron chi connectivity index (χ0n) is 14.3. The van der Waals surface area contributed by atoms with Gasteiger partial charge in [-0.05, 0) is 30.5 Å². The Hall–Kier alpha value is -2.76. The Labute approximate surface area is 150 Å². The quantitative estimate of drug-likeness (QED) is 0.897. The maximum absolute atomic E-state index is 13.7. The summed E-state index contributed by atoms with van der Waals surface area (Å²) in [5.74, 6) is -1.66. The van der Waals surface area contributed by atoms with Gasteiger partial charge in [0.25, 0.3) is 0 Å². The zero-order chi connectivity index (χ0) is 18.5. The molecule has 1 aliphatic heterocycles. The van der Waals surface area contributed by atoms with E-state index in [-0.39, 0.29) is 17.4 Å². The standard InChI is InChI=1S/C20H20F2N2O2/c21-16-8-9-18(17(22)12-16)23-20(26)24-10-4-7-15(13-24)19(25)11-14-5-2-1-3-6-14/h1-3,5-6,8-9,12,15H,4,7,10-11,13H2,(H,23,26)/t15-/m1/s1. The maximum Gasteiger partial charge on any atom is 0.321 e. The van der Waals surface area contributed by atoms with E-state index in [9.17, 15) is 18.4 Å². The van der Waals surface area contributed by atoms with Crippen molar-refractivity contribution in [3.63, 3.8) is 0 Å². The molecule has 1 saturated heterocycles. The van der Waals surface area contributed by atoms with Crippen LogP contribution >= 0.6 is 0 Å². The molecule has 0 radical (unpaired) electrons. The van der Waals surface area contributed by atoms with Crippen LogP contribution in [0.15, 0.2) is 48.5 Å². The fourth-order valence-corrected chi connectivity index (χ4v) is 3.15. The van der Waals surface area contributed by atoms with Gasteiger partial charge in [0.1, 0.15) is 17.4 Å². The first-order valence-corrected chi connectivity index (χ1v) is 8.60. The number of nitrogens with zero attached hydrogens (tertiary/aromatic N) is 1. The molecule has 0 unspecified atom stereocenters. The van der Waals surface area contributed by atoms with Crippen molar-refractivity contribution in [3.05, 3.63) is 65.7 Å². The molecule has 2 aromatic carbocycles. The summed E-state index contributed by atoms with van der Waals surface area (Å²) in [4.78, 5) is 26.4. The lowest BCUT2D eigenvalue weighted by Crippen LogP contribution is -2.44. The second kappa shape index (κ2) is 8.08. The minimum absolute atomic E-state index is 0.0749. The molecule has 2 aromatic rings. The number of amides is 2. The number of carbonyl (C=O) groups excluding carboxylic acids is 2. The molecule has 0 bridgehead atoms. The summed E-state index contributed by atoms with van der Waals surface area (Å²) >= 11 is 0. The average molecular weight is 358 g/mol. The molecule has 26 heavy (non-hydrogen) atoms. The van der Waals surface area contributed by atoms with Crippen LogP contribution in [0.1, 0.15) is 18.4 Å². The summed E-state index contributed by atoms with van der Waals surface area (Å²) in [7, 11) is 0. The van der Waals surface area contributed by atoms with Gasteiger partial charge >= 0.3 is 6.03 Å². The number of anilines is 1. The van der Waals surface area contributed by atoms with E-state index in [0.717, 1.165) is 24.1 Å². The Bertz CT molecular complexity index is 796. The van der Waals surface area contributed by atoms with Crippen LogP contribution in [0.5, 0.6) is 0 Å². The van der Waals surface area contributed by atoms with E-state index in [1.165, 1.54) is 11.0 Å². The van der Waals surface area contributed by atoms with Crippen molar-refractivity contribution in [2.24, 2.45) is 5.92 Å². The summed E-state index contributed by atoms with van der Waals surface area (Å²) in [6, 6.07) is 12.0. The summed E-state index contributed by atoms with van der Waals surface area (Å²) in [5.41, 5.74) is 0.876. The highest BCUT2D eigenvalue weighted by molar-refractivity contribution is 5.90. The SMILES string of the molecule is O=C(Cc1ccccc1)[C@@H]1CCCN(C(=O)Nc2ccc(F)cc2F)C1. The van der Waals surface area contributed by atoms with E-state index in [4.69, 9.17) is 0 Å². The fourth-order valence-electron chi connectivity index (χ4n) is 3.15. The van der Waals surface area contributed by atoms with Gasteiger partial charge in [-0.1, -0.05) is 30.3 Å². The third-order valence-corrected chi connectivity index (χ3v) is 4.56. The predicted molar refractivity (Wildman–Crippen MR) is 94.8 cm³/mol. The van der Waals surface area contributed by atoms with Crippen molar-refractivity contribution in [3.8, 4) is 0 Å². The highest BCUT2D eigenvalue weighted by Gasteiger charge is 2.28. The number of Topliss-reactive ketones (excluding diaryl/α,β-unsaturated/α-hetero) is 1. The van der Waals surface area contributed by atoms with Crippen molar-refractivity contribution in [2.45, 2.75) is 19.3 Å². The Morgan fingerprint density at radius 2 is 1.88 bits per heavy atom. The number of hydrogen-bond donors (Lipinski definition) is 1. The number of rotatable bonds is 4. The van der Waals surface area contributed by atoms with Gasteiger partial charge in [0.05, 0.1) is 5.69 Å². The lowest BCUT2D eigenvalue weighted by molar-refractivity contribution is -0.123. The largest absolute Gasteiger partial charge is 0.324 e. The average Bonchev–Trinajstić information content (AvgIpc) is 2.65. The predicted octanol–water partition coefficient (Wildman–Crippen LogP) is 4.02. The summed E-state index contributed by atoms with van der Waals surface area (Å²) in [6.07, 6.45) is 1.79. The molecule has 6 heteroatoms. The van der Waals surface area contributed by atoms with E-state index < -0.39 is 17.7 Å². The van der Waals surface area contributed by atoms with Gasteiger partial charge in [-0.3, -0.25) is 4.79 Å². The molecule has 1 N–H and O–H groups in total. The summed E-state index contributed by atoms with van der Waals surface area (Å²) in [5, 5.41) is 2.45. The third-order valence-electron chi connectivity index (χ3n) is 4.56. The van der Waals surface area contributed by atoms with Gasteiger partial charge in [0, 0.05) is 31.5 Å². The number of hydrogen-bond acceptors (Lipinski definition) is 2. The van der Waals surface area contributed by atoms with Gasteiger partial charge in [-0.2, -0.15) is 0 Å². The highest BCUT2D eigenvalue weighted by Crippen LogP contribution is 2.21. The zero-order valence-corrected chi connectivity index (χ0v) is 14.3. The molecule has 0 saturated carbocycles. The van der Waals surface area contributed by atoms with Crippen LogP contribution < -0.4 is 5.32 Å². The fraction of sp³-hybridized carbons (Fsp3) is 0.300. The molecule has 136 valence electrons. The lowest BCUT2D eigenvalue weighted by atomic mass is 9.90. The van der Waals surface area contributed by atoms with Crippen LogP contribution in [0.25, 0.3) is 0 Å². The molecule has 2 amide bonds. The first-order chi connectivity index (χ1) is 12.5. The first kappa shape index (κ1) is 18.0. The topological polar surface area (TPSA) is 49.4 Å². The molecule has 0 aromatic heterocycles. The molecule has 1 fully saturated rings. The van der Waals surface area contributed by atoms with Crippen molar-refractivity contribution < 1.29 is 18.4 Å². The Morgan fingerprint density at radius 1 is 1.12 bits per heavy atom. The number of halogens is 2.